The van der Waals surface area contributed by atoms with Crippen LogP contribution in [0.5, 0.6) is 0 Å². The van der Waals surface area contributed by atoms with Crippen LogP contribution in [0.15, 0.2) is 36.5 Å². The smallest absolute Gasteiger partial charge is 0.187 e. The Bertz CT molecular complexity index is 532. The van der Waals surface area contributed by atoms with E-state index in [1.165, 1.54) is 18.5 Å². The van der Waals surface area contributed by atoms with Crippen LogP contribution in [0.4, 0.5) is 0 Å². The van der Waals surface area contributed by atoms with Gasteiger partial charge in [0.05, 0.1) is 0 Å². The fourth-order valence-electron chi connectivity index (χ4n) is 2.86. The zero-order chi connectivity index (χ0) is 16.9. The molecule has 0 N–H and O–H groups in total. The molecule has 0 aromatic heterocycles. The maximum atomic E-state index is 12.3. The van der Waals surface area contributed by atoms with Crippen LogP contribution < -0.4 is 0 Å². The number of allylic oxidation sites excluding steroid dienone is 1. The highest BCUT2D eigenvalue weighted by Crippen LogP contribution is 2.22. The van der Waals surface area contributed by atoms with Crippen molar-refractivity contribution in [3.63, 3.8) is 0 Å². The van der Waals surface area contributed by atoms with E-state index in [2.05, 4.69) is 49.6 Å². The number of hydrogen-bond acceptors (Lipinski definition) is 3. The molecule has 0 spiro atoms. The fraction of sp³-hybridized carbons (Fsp3) is 0.550. The molecule has 1 saturated heterocycles. The molecule has 0 bridgehead atoms. The molecule has 23 heavy (non-hydrogen) atoms. The largest absolute Gasteiger partial charge is 0.375 e. The Kier molecular flexibility index (Phi) is 6.00. The van der Waals surface area contributed by atoms with E-state index in [0.29, 0.717) is 0 Å². The van der Waals surface area contributed by atoms with E-state index in [0.717, 1.165) is 31.7 Å². The Labute approximate surface area is 141 Å². The molecule has 2 rings (SSSR count). The standard InChI is InChI=1S/C20H30N2O/c1-5-11-21-13-15-22(16-14-21)12-10-19(23)17-6-8-18(9-7-17)20(2,3)4/h6-10,12H,5,11,13-16H2,1-4H3. The first-order valence-electron chi connectivity index (χ1n) is 8.69. The molecule has 1 fully saturated rings. The van der Waals surface area contributed by atoms with Gasteiger partial charge in [-0.25, -0.2) is 0 Å². The van der Waals surface area contributed by atoms with E-state index in [9.17, 15) is 4.79 Å². The Morgan fingerprint density at radius 3 is 2.22 bits per heavy atom. The molecule has 1 aromatic rings. The van der Waals surface area contributed by atoms with E-state index < -0.39 is 0 Å². The molecule has 1 aliphatic heterocycles. The minimum Gasteiger partial charge on any atom is -0.375 e. The maximum Gasteiger partial charge on any atom is 0.187 e. The molecule has 0 radical (unpaired) electrons. The number of nitrogens with zero attached hydrogens (tertiary/aromatic N) is 2. The molecule has 0 saturated carbocycles. The van der Waals surface area contributed by atoms with Gasteiger partial charge in [-0.15, -0.1) is 0 Å². The number of hydrogen-bond donors (Lipinski definition) is 0. The summed E-state index contributed by atoms with van der Waals surface area (Å²) >= 11 is 0. The van der Waals surface area contributed by atoms with Crippen LogP contribution in [0.25, 0.3) is 0 Å². The molecule has 1 aliphatic rings. The van der Waals surface area contributed by atoms with E-state index in [4.69, 9.17) is 0 Å². The van der Waals surface area contributed by atoms with Gasteiger partial charge in [0.15, 0.2) is 5.78 Å². The Morgan fingerprint density at radius 1 is 1.09 bits per heavy atom. The van der Waals surface area contributed by atoms with E-state index >= 15 is 0 Å². The number of rotatable bonds is 5. The number of piperazine rings is 1. The predicted octanol–water partition coefficient (Wildman–Crippen LogP) is 3.71. The average Bonchev–Trinajstić information content (AvgIpc) is 2.53. The highest BCUT2D eigenvalue weighted by molar-refractivity contribution is 6.04. The third kappa shape index (κ3) is 5.21. The topological polar surface area (TPSA) is 23.6 Å². The van der Waals surface area contributed by atoms with Crippen LogP contribution in [0.1, 0.15) is 50.0 Å². The summed E-state index contributed by atoms with van der Waals surface area (Å²) in [5.74, 6) is 0.0847. The Hall–Kier alpha value is -1.61. The summed E-state index contributed by atoms with van der Waals surface area (Å²) in [6, 6.07) is 7.99. The lowest BCUT2D eigenvalue weighted by Gasteiger charge is -2.33. The van der Waals surface area contributed by atoms with Gasteiger partial charge in [-0.3, -0.25) is 9.69 Å². The number of benzene rings is 1. The van der Waals surface area contributed by atoms with Crippen molar-refractivity contribution in [3.05, 3.63) is 47.7 Å². The van der Waals surface area contributed by atoms with Crippen molar-refractivity contribution < 1.29 is 4.79 Å². The third-order valence-corrected chi connectivity index (χ3v) is 4.42. The zero-order valence-corrected chi connectivity index (χ0v) is 15.0. The molecule has 0 atom stereocenters. The van der Waals surface area contributed by atoms with Crippen molar-refractivity contribution in [1.82, 2.24) is 9.80 Å². The SMILES string of the molecule is CCCN1CCN(C=CC(=O)c2ccc(C(C)(C)C)cc2)CC1. The summed E-state index contributed by atoms with van der Waals surface area (Å²) in [5.41, 5.74) is 2.14. The third-order valence-electron chi connectivity index (χ3n) is 4.42. The van der Waals surface area contributed by atoms with Gasteiger partial charge < -0.3 is 4.90 Å². The summed E-state index contributed by atoms with van der Waals surface area (Å²) in [4.78, 5) is 17.0. The van der Waals surface area contributed by atoms with Crippen molar-refractivity contribution in [3.8, 4) is 0 Å². The average molecular weight is 314 g/mol. The van der Waals surface area contributed by atoms with Gasteiger partial charge in [0.1, 0.15) is 0 Å². The monoisotopic (exact) mass is 314 g/mol. The first kappa shape index (κ1) is 17.7. The minimum atomic E-state index is 0.0847. The van der Waals surface area contributed by atoms with Crippen molar-refractivity contribution in [2.75, 3.05) is 32.7 Å². The Balaban J connectivity index is 1.89. The summed E-state index contributed by atoms with van der Waals surface area (Å²) in [5, 5.41) is 0. The van der Waals surface area contributed by atoms with Crippen LogP contribution in [0, 0.1) is 0 Å². The number of carbonyl (C=O) groups is 1. The van der Waals surface area contributed by atoms with Gasteiger partial charge in [-0.1, -0.05) is 52.0 Å². The van der Waals surface area contributed by atoms with Gasteiger partial charge in [-0.05, 0) is 23.9 Å². The van der Waals surface area contributed by atoms with E-state index in [1.807, 2.05) is 18.3 Å². The summed E-state index contributed by atoms with van der Waals surface area (Å²) in [6.07, 6.45) is 4.88. The van der Waals surface area contributed by atoms with Crippen LogP contribution in [0.3, 0.4) is 0 Å². The fourth-order valence-corrected chi connectivity index (χ4v) is 2.86. The normalized spacial score (nSPS) is 17.0. The number of ketones is 1. The second-order valence-corrected chi connectivity index (χ2v) is 7.38. The quantitative estimate of drug-likeness (QED) is 0.611. The van der Waals surface area contributed by atoms with Crippen LogP contribution in [-0.4, -0.2) is 48.3 Å². The van der Waals surface area contributed by atoms with Crippen molar-refractivity contribution in [1.29, 1.82) is 0 Å². The molecular formula is C20H30N2O. The molecule has 1 aromatic carbocycles. The zero-order valence-electron chi connectivity index (χ0n) is 15.0. The van der Waals surface area contributed by atoms with Crippen LogP contribution in [-0.2, 0) is 5.41 Å². The predicted molar refractivity (Wildman–Crippen MR) is 96.9 cm³/mol. The summed E-state index contributed by atoms with van der Waals surface area (Å²) < 4.78 is 0. The molecule has 3 heteroatoms. The molecule has 0 aliphatic carbocycles. The molecule has 1 heterocycles. The second-order valence-electron chi connectivity index (χ2n) is 7.38. The summed E-state index contributed by atoms with van der Waals surface area (Å²) in [6.45, 7) is 14.1. The molecule has 0 amide bonds. The maximum absolute atomic E-state index is 12.3. The van der Waals surface area contributed by atoms with E-state index in [-0.39, 0.29) is 11.2 Å². The lowest BCUT2D eigenvalue weighted by atomic mass is 9.86. The first-order chi connectivity index (χ1) is 10.9. The summed E-state index contributed by atoms with van der Waals surface area (Å²) in [7, 11) is 0. The van der Waals surface area contributed by atoms with Gasteiger partial charge >= 0.3 is 0 Å². The van der Waals surface area contributed by atoms with Gasteiger partial charge in [-0.2, -0.15) is 0 Å². The first-order valence-corrected chi connectivity index (χ1v) is 8.69. The van der Waals surface area contributed by atoms with Gasteiger partial charge in [0, 0.05) is 44.0 Å². The van der Waals surface area contributed by atoms with Gasteiger partial charge in [0.2, 0.25) is 0 Å². The minimum absolute atomic E-state index is 0.0847. The number of carbonyl (C=O) groups excluding carboxylic acids is 1. The van der Waals surface area contributed by atoms with Crippen LogP contribution >= 0.6 is 0 Å². The Morgan fingerprint density at radius 2 is 1.70 bits per heavy atom. The van der Waals surface area contributed by atoms with Crippen molar-refractivity contribution in [2.45, 2.75) is 39.5 Å². The highest BCUT2D eigenvalue weighted by Gasteiger charge is 2.15. The van der Waals surface area contributed by atoms with E-state index in [1.54, 1.807) is 6.08 Å². The molecule has 0 unspecified atom stereocenters. The molecule has 126 valence electrons. The van der Waals surface area contributed by atoms with Crippen LogP contribution in [0.2, 0.25) is 0 Å². The lowest BCUT2D eigenvalue weighted by Crippen LogP contribution is -2.44. The lowest BCUT2D eigenvalue weighted by molar-refractivity contribution is 0.104. The highest BCUT2D eigenvalue weighted by atomic mass is 16.1. The van der Waals surface area contributed by atoms with Crippen molar-refractivity contribution in [2.24, 2.45) is 0 Å². The van der Waals surface area contributed by atoms with Gasteiger partial charge in [0.25, 0.3) is 0 Å². The second kappa shape index (κ2) is 7.78. The molecular weight excluding hydrogens is 284 g/mol. The van der Waals surface area contributed by atoms with Crippen molar-refractivity contribution >= 4 is 5.78 Å². The molecule has 3 nitrogen and oxygen atoms in total.